The smallest absolute Gasteiger partial charge is 0.273 e. The summed E-state index contributed by atoms with van der Waals surface area (Å²) >= 11 is 0. The van der Waals surface area contributed by atoms with E-state index in [-0.39, 0.29) is 29.9 Å². The van der Waals surface area contributed by atoms with Crippen LogP contribution in [-0.2, 0) is 0 Å². The van der Waals surface area contributed by atoms with Crippen LogP contribution in [0.2, 0.25) is 0 Å². The molecular weight excluding hydrogens is 296 g/mol. The number of fused-ring (bicyclic) bond motifs is 1. The minimum Gasteiger partial charge on any atom is -0.454 e. The van der Waals surface area contributed by atoms with E-state index in [1.165, 1.54) is 0 Å². The second-order valence-corrected chi connectivity index (χ2v) is 6.71. The minimum absolute atomic E-state index is 0.0145. The first-order valence-corrected chi connectivity index (χ1v) is 7.52. The number of ether oxygens (including phenoxy) is 2. The highest BCUT2D eigenvalue weighted by Gasteiger charge is 2.24. The summed E-state index contributed by atoms with van der Waals surface area (Å²) in [6.07, 6.45) is 0. The number of hydrogen-bond acceptors (Lipinski definition) is 5. The lowest BCUT2D eigenvalue weighted by molar-refractivity contribution is 0.0901. The third-order valence-electron chi connectivity index (χ3n) is 4.05. The minimum atomic E-state index is -0.247. The molecule has 2 aromatic rings. The van der Waals surface area contributed by atoms with Crippen LogP contribution in [0.5, 0.6) is 11.5 Å². The van der Waals surface area contributed by atoms with Gasteiger partial charge in [0.1, 0.15) is 0 Å². The SMILES string of the molecule is C[C@H](NC(=O)c1cc(-c2ccc3c(c2)OCO3)on1)C(C)(C)C. The van der Waals surface area contributed by atoms with Crippen LogP contribution in [0.25, 0.3) is 11.3 Å². The van der Waals surface area contributed by atoms with E-state index in [2.05, 4.69) is 31.2 Å². The van der Waals surface area contributed by atoms with E-state index in [0.717, 1.165) is 5.56 Å². The fraction of sp³-hybridized carbons (Fsp3) is 0.412. The molecule has 0 spiro atoms. The molecule has 6 nitrogen and oxygen atoms in total. The van der Waals surface area contributed by atoms with Crippen molar-refractivity contribution in [3.05, 3.63) is 30.0 Å². The van der Waals surface area contributed by atoms with Crippen LogP contribution < -0.4 is 14.8 Å². The Morgan fingerprint density at radius 2 is 1.96 bits per heavy atom. The molecule has 1 aliphatic heterocycles. The molecular formula is C17H20N2O4. The zero-order valence-electron chi connectivity index (χ0n) is 13.7. The van der Waals surface area contributed by atoms with Crippen molar-refractivity contribution in [2.75, 3.05) is 6.79 Å². The molecule has 122 valence electrons. The number of benzene rings is 1. The lowest BCUT2D eigenvalue weighted by Crippen LogP contribution is -2.41. The van der Waals surface area contributed by atoms with Gasteiger partial charge in [-0.1, -0.05) is 25.9 Å². The molecule has 0 saturated carbocycles. The number of hydrogen-bond donors (Lipinski definition) is 1. The quantitative estimate of drug-likeness (QED) is 0.941. The molecule has 2 heterocycles. The van der Waals surface area contributed by atoms with Crippen molar-refractivity contribution in [3.8, 4) is 22.8 Å². The largest absolute Gasteiger partial charge is 0.454 e. The van der Waals surface area contributed by atoms with Gasteiger partial charge < -0.3 is 19.3 Å². The van der Waals surface area contributed by atoms with E-state index in [4.69, 9.17) is 14.0 Å². The molecule has 0 bridgehead atoms. The van der Waals surface area contributed by atoms with Crippen molar-refractivity contribution >= 4 is 5.91 Å². The zero-order valence-corrected chi connectivity index (χ0v) is 13.7. The van der Waals surface area contributed by atoms with Crippen molar-refractivity contribution in [1.29, 1.82) is 0 Å². The first-order valence-electron chi connectivity index (χ1n) is 7.52. The fourth-order valence-corrected chi connectivity index (χ4v) is 2.06. The molecule has 1 N–H and O–H groups in total. The summed E-state index contributed by atoms with van der Waals surface area (Å²) in [7, 11) is 0. The summed E-state index contributed by atoms with van der Waals surface area (Å²) in [5, 5.41) is 6.80. The third-order valence-corrected chi connectivity index (χ3v) is 4.05. The van der Waals surface area contributed by atoms with Crippen molar-refractivity contribution in [1.82, 2.24) is 10.5 Å². The lowest BCUT2D eigenvalue weighted by Gasteiger charge is -2.27. The van der Waals surface area contributed by atoms with E-state index in [0.29, 0.717) is 17.3 Å². The van der Waals surface area contributed by atoms with Crippen LogP contribution in [0.4, 0.5) is 0 Å². The fourth-order valence-electron chi connectivity index (χ4n) is 2.06. The lowest BCUT2D eigenvalue weighted by atomic mass is 9.88. The van der Waals surface area contributed by atoms with Gasteiger partial charge in [-0.3, -0.25) is 4.79 Å². The molecule has 0 saturated heterocycles. The van der Waals surface area contributed by atoms with Crippen LogP contribution in [0.3, 0.4) is 0 Å². The number of rotatable bonds is 3. The number of aromatic nitrogens is 1. The van der Waals surface area contributed by atoms with Crippen LogP contribution in [0.1, 0.15) is 38.2 Å². The van der Waals surface area contributed by atoms with Crippen LogP contribution >= 0.6 is 0 Å². The number of carbonyl (C=O) groups excluding carboxylic acids is 1. The van der Waals surface area contributed by atoms with Gasteiger partial charge in [0.15, 0.2) is 23.0 Å². The van der Waals surface area contributed by atoms with Crippen LogP contribution in [0.15, 0.2) is 28.8 Å². The normalized spacial score (nSPS) is 14.6. The molecule has 1 aliphatic rings. The Kier molecular flexibility index (Phi) is 3.75. The maximum absolute atomic E-state index is 12.3. The second-order valence-electron chi connectivity index (χ2n) is 6.71. The molecule has 1 atom stereocenters. The number of nitrogens with one attached hydrogen (secondary N) is 1. The van der Waals surface area contributed by atoms with E-state index in [9.17, 15) is 4.79 Å². The molecule has 23 heavy (non-hydrogen) atoms. The van der Waals surface area contributed by atoms with Crippen LogP contribution in [0, 0.1) is 5.41 Å². The van der Waals surface area contributed by atoms with Crippen molar-refractivity contribution < 1.29 is 18.8 Å². The molecule has 6 heteroatoms. The van der Waals surface area contributed by atoms with Gasteiger partial charge in [-0.25, -0.2) is 0 Å². The summed E-state index contributed by atoms with van der Waals surface area (Å²) in [6, 6.07) is 7.10. The summed E-state index contributed by atoms with van der Waals surface area (Å²) in [5.74, 6) is 1.62. The highest BCUT2D eigenvalue weighted by atomic mass is 16.7. The van der Waals surface area contributed by atoms with E-state index in [1.54, 1.807) is 6.07 Å². The zero-order chi connectivity index (χ0) is 16.6. The van der Waals surface area contributed by atoms with Crippen molar-refractivity contribution in [2.45, 2.75) is 33.7 Å². The number of carbonyl (C=O) groups is 1. The first-order chi connectivity index (χ1) is 10.8. The average Bonchev–Trinajstić information content (AvgIpc) is 3.14. The molecule has 1 aromatic carbocycles. The van der Waals surface area contributed by atoms with Gasteiger partial charge in [-0.2, -0.15) is 0 Å². The average molecular weight is 316 g/mol. The van der Waals surface area contributed by atoms with E-state index in [1.807, 2.05) is 25.1 Å². The molecule has 0 radical (unpaired) electrons. The Labute approximate surface area is 134 Å². The topological polar surface area (TPSA) is 73.6 Å². The predicted octanol–water partition coefficient (Wildman–Crippen LogP) is 3.23. The Balaban J connectivity index is 1.77. The van der Waals surface area contributed by atoms with Gasteiger partial charge in [0.25, 0.3) is 5.91 Å². The Bertz CT molecular complexity index is 730. The predicted molar refractivity (Wildman–Crippen MR) is 84.4 cm³/mol. The summed E-state index contributed by atoms with van der Waals surface area (Å²) < 4.78 is 15.9. The highest BCUT2D eigenvalue weighted by molar-refractivity contribution is 5.93. The molecule has 1 aromatic heterocycles. The second kappa shape index (κ2) is 5.61. The van der Waals surface area contributed by atoms with E-state index >= 15 is 0 Å². The third kappa shape index (κ3) is 3.16. The van der Waals surface area contributed by atoms with Crippen LogP contribution in [-0.4, -0.2) is 23.9 Å². The molecule has 1 amide bonds. The maximum atomic E-state index is 12.3. The van der Waals surface area contributed by atoms with Gasteiger partial charge in [0.2, 0.25) is 6.79 Å². The maximum Gasteiger partial charge on any atom is 0.273 e. The van der Waals surface area contributed by atoms with Crippen molar-refractivity contribution in [3.63, 3.8) is 0 Å². The van der Waals surface area contributed by atoms with Crippen molar-refractivity contribution in [2.24, 2.45) is 5.41 Å². The monoisotopic (exact) mass is 316 g/mol. The Morgan fingerprint density at radius 3 is 2.70 bits per heavy atom. The Morgan fingerprint density at radius 1 is 1.22 bits per heavy atom. The molecule has 0 unspecified atom stereocenters. The van der Waals surface area contributed by atoms with E-state index < -0.39 is 0 Å². The number of nitrogens with zero attached hydrogens (tertiary/aromatic N) is 1. The summed E-state index contributed by atoms with van der Waals surface area (Å²) in [5.41, 5.74) is 1.01. The van der Waals surface area contributed by atoms with Gasteiger partial charge in [0, 0.05) is 17.7 Å². The highest BCUT2D eigenvalue weighted by Crippen LogP contribution is 2.36. The molecule has 3 rings (SSSR count). The Hall–Kier alpha value is -2.50. The summed E-state index contributed by atoms with van der Waals surface area (Å²) in [4.78, 5) is 12.3. The van der Waals surface area contributed by atoms with Gasteiger partial charge in [-0.05, 0) is 30.5 Å². The molecule has 0 aliphatic carbocycles. The van der Waals surface area contributed by atoms with Gasteiger partial charge >= 0.3 is 0 Å². The standard InChI is InChI=1S/C17H20N2O4/c1-10(17(2,3)4)18-16(20)12-8-14(23-19-12)11-5-6-13-15(7-11)22-9-21-13/h5-8,10H,9H2,1-4H3,(H,18,20)/t10-/m0/s1. The van der Waals surface area contributed by atoms with Gasteiger partial charge in [-0.15, -0.1) is 0 Å². The van der Waals surface area contributed by atoms with Gasteiger partial charge in [0.05, 0.1) is 0 Å². The number of amides is 1. The first kappa shape index (κ1) is 15.4. The molecule has 0 fully saturated rings. The summed E-state index contributed by atoms with van der Waals surface area (Å²) in [6.45, 7) is 8.39.